The summed E-state index contributed by atoms with van der Waals surface area (Å²) in [5.41, 5.74) is 0. The third-order valence-corrected chi connectivity index (χ3v) is 3.33. The summed E-state index contributed by atoms with van der Waals surface area (Å²) in [5.74, 6) is 0.757. The van der Waals surface area contributed by atoms with Crippen LogP contribution in [0.5, 0.6) is 0 Å². The van der Waals surface area contributed by atoms with E-state index in [9.17, 15) is 5.11 Å². The molecular formula is C11H18N2O. The molecule has 0 spiro atoms. The lowest BCUT2D eigenvalue weighted by Gasteiger charge is -2.32. The van der Waals surface area contributed by atoms with Crippen molar-refractivity contribution in [2.24, 2.45) is 5.92 Å². The lowest BCUT2D eigenvalue weighted by atomic mass is 9.82. The van der Waals surface area contributed by atoms with E-state index in [1.54, 1.807) is 6.20 Å². The van der Waals surface area contributed by atoms with E-state index in [4.69, 9.17) is 0 Å². The monoisotopic (exact) mass is 194 g/mol. The molecule has 1 aliphatic rings. The van der Waals surface area contributed by atoms with Gasteiger partial charge in [0.2, 0.25) is 0 Å². The van der Waals surface area contributed by atoms with Gasteiger partial charge in [0.05, 0.1) is 12.1 Å². The van der Waals surface area contributed by atoms with Crippen molar-refractivity contribution in [1.82, 2.24) is 9.78 Å². The average molecular weight is 194 g/mol. The van der Waals surface area contributed by atoms with E-state index < -0.39 is 0 Å². The lowest BCUT2D eigenvalue weighted by Crippen LogP contribution is -2.31. The Kier molecular flexibility index (Phi) is 2.87. The molecule has 0 aliphatic heterocycles. The van der Waals surface area contributed by atoms with Crippen LogP contribution in [0.2, 0.25) is 0 Å². The van der Waals surface area contributed by atoms with Gasteiger partial charge in [0.1, 0.15) is 0 Å². The highest BCUT2D eigenvalue weighted by atomic mass is 16.3. The van der Waals surface area contributed by atoms with Crippen LogP contribution in [-0.2, 0) is 0 Å². The normalized spacial score (nSPS) is 33.1. The zero-order chi connectivity index (χ0) is 9.97. The molecule has 3 nitrogen and oxygen atoms in total. The van der Waals surface area contributed by atoms with E-state index >= 15 is 0 Å². The van der Waals surface area contributed by atoms with Gasteiger partial charge in [-0.15, -0.1) is 0 Å². The first kappa shape index (κ1) is 9.71. The molecule has 0 amide bonds. The van der Waals surface area contributed by atoms with Crippen molar-refractivity contribution in [3.05, 3.63) is 18.5 Å². The molecule has 3 unspecified atom stereocenters. The van der Waals surface area contributed by atoms with Crippen molar-refractivity contribution >= 4 is 0 Å². The molecule has 14 heavy (non-hydrogen) atoms. The molecule has 0 radical (unpaired) electrons. The van der Waals surface area contributed by atoms with Crippen LogP contribution in [0.25, 0.3) is 0 Å². The Morgan fingerprint density at radius 2 is 2.36 bits per heavy atom. The molecule has 3 atom stereocenters. The Morgan fingerprint density at radius 1 is 1.50 bits per heavy atom. The van der Waals surface area contributed by atoms with Crippen molar-refractivity contribution in [3.8, 4) is 0 Å². The molecule has 0 bridgehead atoms. The van der Waals surface area contributed by atoms with Gasteiger partial charge in [0.25, 0.3) is 0 Å². The first-order valence-electron chi connectivity index (χ1n) is 5.48. The summed E-state index contributed by atoms with van der Waals surface area (Å²) in [6, 6.07) is 2.12. The van der Waals surface area contributed by atoms with Gasteiger partial charge in [-0.1, -0.05) is 13.3 Å². The van der Waals surface area contributed by atoms with Crippen LogP contribution < -0.4 is 0 Å². The maximum Gasteiger partial charge on any atom is 0.0780 e. The minimum atomic E-state index is -0.210. The summed E-state index contributed by atoms with van der Waals surface area (Å²) in [4.78, 5) is 0. The first-order chi connectivity index (χ1) is 6.81. The molecule has 1 N–H and O–H groups in total. The fourth-order valence-corrected chi connectivity index (χ4v) is 2.35. The fourth-order valence-electron chi connectivity index (χ4n) is 2.35. The van der Waals surface area contributed by atoms with E-state index in [0.29, 0.717) is 0 Å². The topological polar surface area (TPSA) is 38.0 Å². The van der Waals surface area contributed by atoms with Crippen molar-refractivity contribution in [1.29, 1.82) is 0 Å². The average Bonchev–Trinajstić information content (AvgIpc) is 2.71. The molecule has 1 fully saturated rings. The molecule has 1 aromatic heterocycles. The van der Waals surface area contributed by atoms with Gasteiger partial charge in [-0.05, 0) is 31.2 Å². The summed E-state index contributed by atoms with van der Waals surface area (Å²) in [7, 11) is 0. The van der Waals surface area contributed by atoms with Gasteiger partial charge in [-0.25, -0.2) is 0 Å². The largest absolute Gasteiger partial charge is 0.391 e. The van der Waals surface area contributed by atoms with Gasteiger partial charge >= 0.3 is 0 Å². The summed E-state index contributed by atoms with van der Waals surface area (Å²) >= 11 is 0. The first-order valence-corrected chi connectivity index (χ1v) is 5.48. The summed E-state index contributed by atoms with van der Waals surface area (Å²) in [6.07, 6.45) is 7.88. The van der Waals surface area contributed by atoms with E-state index in [2.05, 4.69) is 12.0 Å². The number of aromatic nitrogens is 2. The fraction of sp³-hybridized carbons (Fsp3) is 0.727. The van der Waals surface area contributed by atoms with Crippen LogP contribution in [0, 0.1) is 5.92 Å². The Hall–Kier alpha value is -0.830. The third-order valence-electron chi connectivity index (χ3n) is 3.33. The molecular weight excluding hydrogens is 176 g/mol. The smallest absolute Gasteiger partial charge is 0.0780 e. The molecule has 3 heteroatoms. The number of aliphatic hydroxyl groups excluding tert-OH is 1. The molecule has 78 valence electrons. The Labute approximate surface area is 84.7 Å². The van der Waals surface area contributed by atoms with Gasteiger partial charge < -0.3 is 5.11 Å². The van der Waals surface area contributed by atoms with E-state index in [-0.39, 0.29) is 12.1 Å². The number of hydrogen-bond acceptors (Lipinski definition) is 2. The maximum atomic E-state index is 9.89. The number of hydrogen-bond donors (Lipinski definition) is 1. The Balaban J connectivity index is 2.09. The third kappa shape index (κ3) is 1.82. The summed E-state index contributed by atoms with van der Waals surface area (Å²) in [5, 5.41) is 14.1. The van der Waals surface area contributed by atoms with Gasteiger partial charge in [-0.3, -0.25) is 4.68 Å². The quantitative estimate of drug-likeness (QED) is 0.782. The second-order valence-corrected chi connectivity index (χ2v) is 4.21. The second kappa shape index (κ2) is 4.13. The SMILES string of the molecule is CCC1CCC(O)C(n2cccn2)C1. The van der Waals surface area contributed by atoms with Crippen LogP contribution in [0.3, 0.4) is 0 Å². The molecule has 2 rings (SSSR count). The standard InChI is InChI=1S/C11H18N2O/c1-2-9-4-5-11(14)10(8-9)13-7-3-6-12-13/h3,6-7,9-11,14H,2,4-5,8H2,1H3. The predicted octanol–water partition coefficient (Wildman–Crippen LogP) is 2.00. The number of nitrogens with zero attached hydrogens (tertiary/aromatic N) is 2. The summed E-state index contributed by atoms with van der Waals surface area (Å²) in [6.45, 7) is 2.22. The minimum absolute atomic E-state index is 0.198. The van der Waals surface area contributed by atoms with Crippen LogP contribution in [0.15, 0.2) is 18.5 Å². The van der Waals surface area contributed by atoms with E-state index in [1.807, 2.05) is 16.9 Å². The highest BCUT2D eigenvalue weighted by molar-refractivity contribution is 4.88. The van der Waals surface area contributed by atoms with Gasteiger partial charge in [-0.2, -0.15) is 5.10 Å². The van der Waals surface area contributed by atoms with E-state index in [1.165, 1.54) is 6.42 Å². The Bertz CT molecular complexity index is 271. The van der Waals surface area contributed by atoms with Gasteiger partial charge in [0, 0.05) is 12.4 Å². The highest BCUT2D eigenvalue weighted by Gasteiger charge is 2.29. The maximum absolute atomic E-state index is 9.89. The predicted molar refractivity (Wildman–Crippen MR) is 54.9 cm³/mol. The second-order valence-electron chi connectivity index (χ2n) is 4.21. The lowest BCUT2D eigenvalue weighted by molar-refractivity contribution is 0.0476. The molecule has 1 heterocycles. The zero-order valence-electron chi connectivity index (χ0n) is 8.63. The highest BCUT2D eigenvalue weighted by Crippen LogP contribution is 2.33. The Morgan fingerprint density at radius 3 is 3.00 bits per heavy atom. The molecule has 0 aromatic carbocycles. The van der Waals surface area contributed by atoms with Crippen LogP contribution in [0.1, 0.15) is 38.6 Å². The van der Waals surface area contributed by atoms with Gasteiger partial charge in [0.15, 0.2) is 0 Å². The molecule has 1 saturated carbocycles. The number of rotatable bonds is 2. The van der Waals surface area contributed by atoms with Crippen molar-refractivity contribution in [2.45, 2.75) is 44.8 Å². The molecule has 1 aromatic rings. The van der Waals surface area contributed by atoms with Crippen LogP contribution in [-0.4, -0.2) is 21.0 Å². The summed E-state index contributed by atoms with van der Waals surface area (Å²) < 4.78 is 1.91. The zero-order valence-corrected chi connectivity index (χ0v) is 8.63. The van der Waals surface area contributed by atoms with Crippen molar-refractivity contribution in [3.63, 3.8) is 0 Å². The number of aliphatic hydroxyl groups is 1. The molecule has 1 aliphatic carbocycles. The molecule has 0 saturated heterocycles. The minimum Gasteiger partial charge on any atom is -0.391 e. The van der Waals surface area contributed by atoms with E-state index in [0.717, 1.165) is 25.2 Å². The van der Waals surface area contributed by atoms with Crippen molar-refractivity contribution < 1.29 is 5.11 Å². The van der Waals surface area contributed by atoms with Crippen molar-refractivity contribution in [2.75, 3.05) is 0 Å². The van der Waals surface area contributed by atoms with Crippen LogP contribution in [0.4, 0.5) is 0 Å². The van der Waals surface area contributed by atoms with Crippen LogP contribution >= 0.6 is 0 Å².